The van der Waals surface area contributed by atoms with Gasteiger partial charge in [-0.05, 0) is 37.1 Å². The number of carbonyl (C=O) groups excluding carboxylic acids is 3. The van der Waals surface area contributed by atoms with E-state index in [1.807, 2.05) is 31.4 Å². The number of fused-ring (bicyclic) bond motifs is 1. The first kappa shape index (κ1) is 28.0. The number of aromatic nitrogens is 1. The number of rotatable bonds is 8. The molecule has 0 spiro atoms. The molecule has 1 N–H and O–H groups in total. The van der Waals surface area contributed by atoms with Gasteiger partial charge in [0.15, 0.2) is 10.9 Å². The maximum Gasteiger partial charge on any atom is 0.251 e. The number of likely N-dealkylation sites (tertiary alicyclic amines) is 1. The Labute approximate surface area is 236 Å². The van der Waals surface area contributed by atoms with E-state index in [1.54, 1.807) is 23.5 Å². The number of carbonyl (C=O) groups is 3. The molecular weight excluding hydrogens is 532 g/mol. The van der Waals surface area contributed by atoms with Crippen molar-refractivity contribution in [2.75, 3.05) is 51.3 Å². The number of likely N-dealkylation sites (N-methyl/N-ethyl adjacent to an activating group) is 1. The molecular formula is C27H34N8O4S. The van der Waals surface area contributed by atoms with Crippen molar-refractivity contribution in [3.63, 3.8) is 0 Å². The molecule has 2 amide bonds. The van der Waals surface area contributed by atoms with E-state index in [0.717, 1.165) is 42.6 Å². The van der Waals surface area contributed by atoms with E-state index in [-0.39, 0.29) is 36.7 Å². The van der Waals surface area contributed by atoms with Crippen LogP contribution in [0.1, 0.15) is 30.6 Å². The molecule has 40 heavy (non-hydrogen) atoms. The molecule has 4 heterocycles. The molecule has 12 nitrogen and oxygen atoms in total. The summed E-state index contributed by atoms with van der Waals surface area (Å²) in [5.74, 6) is -0.866. The summed E-state index contributed by atoms with van der Waals surface area (Å²) in [5.41, 5.74) is 11.1. The van der Waals surface area contributed by atoms with Crippen LogP contribution < -0.4 is 10.2 Å². The largest absolute Gasteiger partial charge is 0.367 e. The molecule has 1 aromatic carbocycles. The third-order valence-corrected chi connectivity index (χ3v) is 8.56. The van der Waals surface area contributed by atoms with Crippen molar-refractivity contribution < 1.29 is 19.1 Å². The van der Waals surface area contributed by atoms with Crippen LogP contribution in [0.25, 0.3) is 21.7 Å². The number of hydrogen-bond donors (Lipinski definition) is 1. The maximum atomic E-state index is 13.6. The Kier molecular flexibility index (Phi) is 8.36. The van der Waals surface area contributed by atoms with E-state index in [0.29, 0.717) is 12.0 Å². The molecule has 0 aliphatic carbocycles. The highest BCUT2D eigenvalue weighted by Gasteiger charge is 2.53. The van der Waals surface area contributed by atoms with Crippen LogP contribution >= 0.6 is 11.3 Å². The molecule has 13 heteroatoms. The molecule has 1 aromatic heterocycles. The van der Waals surface area contributed by atoms with Gasteiger partial charge in [0.2, 0.25) is 5.91 Å². The first-order valence-corrected chi connectivity index (χ1v) is 14.4. The van der Waals surface area contributed by atoms with Gasteiger partial charge in [0.1, 0.15) is 18.7 Å². The molecule has 3 aliphatic heterocycles. The Balaban J connectivity index is 1.27. The first-order chi connectivity index (χ1) is 19.2. The van der Waals surface area contributed by atoms with Crippen LogP contribution in [0.2, 0.25) is 0 Å². The van der Waals surface area contributed by atoms with Gasteiger partial charge in [0, 0.05) is 54.1 Å². The van der Waals surface area contributed by atoms with Gasteiger partial charge in [-0.25, -0.2) is 4.98 Å². The number of azide groups is 1. The molecule has 0 unspecified atom stereocenters. The van der Waals surface area contributed by atoms with Gasteiger partial charge in [0.05, 0.1) is 17.8 Å². The summed E-state index contributed by atoms with van der Waals surface area (Å²) in [5, 5.41) is 9.65. The molecule has 3 saturated heterocycles. The van der Waals surface area contributed by atoms with Gasteiger partial charge in [0.25, 0.3) is 5.91 Å². The van der Waals surface area contributed by atoms with E-state index in [2.05, 4.69) is 32.2 Å². The SMILES string of the molecule is CC(C)C[C@H](NC(=O)c1ccc(-c2csc(N3CCN(C)CC3)n2)cc1)C(=O)N1C[C@H](N=[N+]=[N-])[C@H]2OCC(=O)[C@H]21. The van der Waals surface area contributed by atoms with Crippen LogP contribution in [0.5, 0.6) is 0 Å². The standard InChI is InChI=1S/C27H34N8O4S/c1-16(2)12-19(26(38)35-13-20(31-32-28)24-23(35)22(36)14-39-24)29-25(37)18-6-4-17(5-7-18)21-15-40-27(30-21)34-10-8-33(3)9-11-34/h4-7,15-16,19-20,23-24H,8-14H2,1-3H3,(H,29,37)/t19-,20-,23+,24+/m0/s1. The minimum Gasteiger partial charge on any atom is -0.367 e. The Morgan fingerprint density at radius 2 is 1.95 bits per heavy atom. The van der Waals surface area contributed by atoms with Crippen molar-refractivity contribution in [1.82, 2.24) is 20.1 Å². The number of Topliss-reactive ketones (excluding diaryl/α,β-unsaturated/α-hetero) is 1. The molecule has 3 aliphatic rings. The van der Waals surface area contributed by atoms with E-state index >= 15 is 0 Å². The molecule has 2 aromatic rings. The van der Waals surface area contributed by atoms with Gasteiger partial charge >= 0.3 is 0 Å². The molecule has 212 valence electrons. The lowest BCUT2D eigenvalue weighted by atomic mass is 10.0. The smallest absolute Gasteiger partial charge is 0.251 e. The van der Waals surface area contributed by atoms with Gasteiger partial charge in [-0.2, -0.15) is 0 Å². The van der Waals surface area contributed by atoms with Crippen molar-refractivity contribution in [1.29, 1.82) is 0 Å². The van der Waals surface area contributed by atoms with Crippen molar-refractivity contribution in [2.45, 2.75) is 44.5 Å². The Morgan fingerprint density at radius 1 is 1.23 bits per heavy atom. The molecule has 3 fully saturated rings. The summed E-state index contributed by atoms with van der Waals surface area (Å²) in [6.45, 7) is 7.80. The Morgan fingerprint density at radius 3 is 2.62 bits per heavy atom. The summed E-state index contributed by atoms with van der Waals surface area (Å²) >= 11 is 1.62. The van der Waals surface area contributed by atoms with Gasteiger partial charge in [-0.15, -0.1) is 11.3 Å². The number of nitrogens with one attached hydrogen (secondary N) is 1. The fourth-order valence-corrected chi connectivity index (χ4v) is 6.38. The quantitative estimate of drug-likeness (QED) is 0.294. The average Bonchev–Trinajstić information content (AvgIpc) is 3.66. The second-order valence-electron chi connectivity index (χ2n) is 11.0. The Bertz CT molecular complexity index is 1300. The van der Waals surface area contributed by atoms with Crippen LogP contribution in [0.15, 0.2) is 34.8 Å². The molecule has 5 rings (SSSR count). The highest BCUT2D eigenvalue weighted by molar-refractivity contribution is 7.14. The molecule has 0 bridgehead atoms. The van der Waals surface area contributed by atoms with Crippen LogP contribution in [-0.4, -0.2) is 103 Å². The normalized spacial score (nSPS) is 23.7. The van der Waals surface area contributed by atoms with E-state index < -0.39 is 24.2 Å². The van der Waals surface area contributed by atoms with E-state index in [4.69, 9.17) is 15.3 Å². The number of benzene rings is 1. The average molecular weight is 567 g/mol. The lowest BCUT2D eigenvalue weighted by Crippen LogP contribution is -2.52. The number of ether oxygens (including phenoxy) is 1. The van der Waals surface area contributed by atoms with E-state index in [1.165, 1.54) is 4.90 Å². The number of amides is 2. The minimum atomic E-state index is -0.837. The summed E-state index contributed by atoms with van der Waals surface area (Å²) in [4.78, 5) is 53.1. The third kappa shape index (κ3) is 5.83. The van der Waals surface area contributed by atoms with Crippen LogP contribution in [0.3, 0.4) is 0 Å². The predicted octanol–water partition coefficient (Wildman–Crippen LogP) is 2.56. The lowest BCUT2D eigenvalue weighted by Gasteiger charge is -2.32. The summed E-state index contributed by atoms with van der Waals surface area (Å²) in [6, 6.07) is 4.90. The number of nitrogens with zero attached hydrogens (tertiary/aromatic N) is 7. The monoisotopic (exact) mass is 566 g/mol. The van der Waals surface area contributed by atoms with Crippen LogP contribution in [-0.2, 0) is 14.3 Å². The zero-order valence-electron chi connectivity index (χ0n) is 22.9. The lowest BCUT2D eigenvalue weighted by molar-refractivity contribution is -0.138. The third-order valence-electron chi connectivity index (χ3n) is 7.66. The minimum absolute atomic E-state index is 0.0763. The number of thiazole rings is 1. The van der Waals surface area contributed by atoms with Gasteiger partial charge in [-0.1, -0.05) is 31.1 Å². The zero-order chi connectivity index (χ0) is 28.4. The second kappa shape index (κ2) is 11.9. The van der Waals surface area contributed by atoms with Gasteiger partial charge in [-0.3, -0.25) is 14.4 Å². The fourth-order valence-electron chi connectivity index (χ4n) is 5.49. The molecule has 4 atom stereocenters. The van der Waals surface area contributed by atoms with Crippen molar-refractivity contribution in [2.24, 2.45) is 11.0 Å². The number of anilines is 1. The summed E-state index contributed by atoms with van der Waals surface area (Å²) in [7, 11) is 2.12. The highest BCUT2D eigenvalue weighted by Crippen LogP contribution is 2.31. The van der Waals surface area contributed by atoms with Gasteiger partial charge < -0.3 is 24.8 Å². The van der Waals surface area contributed by atoms with Crippen LogP contribution in [0, 0.1) is 5.92 Å². The topological polar surface area (TPSA) is 144 Å². The number of piperazine rings is 1. The van der Waals surface area contributed by atoms with Crippen LogP contribution in [0.4, 0.5) is 5.13 Å². The zero-order valence-corrected chi connectivity index (χ0v) is 23.7. The van der Waals surface area contributed by atoms with Crippen molar-refractivity contribution in [3.05, 3.63) is 45.7 Å². The Hall–Kier alpha value is -3.51. The maximum absolute atomic E-state index is 13.6. The second-order valence-corrected chi connectivity index (χ2v) is 11.8. The number of hydrogen-bond acceptors (Lipinski definition) is 9. The first-order valence-electron chi connectivity index (χ1n) is 13.5. The summed E-state index contributed by atoms with van der Waals surface area (Å²) < 4.78 is 5.53. The van der Waals surface area contributed by atoms with E-state index in [9.17, 15) is 14.4 Å². The summed E-state index contributed by atoms with van der Waals surface area (Å²) in [6.07, 6.45) is -0.260. The molecule has 0 saturated carbocycles. The van der Waals surface area contributed by atoms with Crippen molar-refractivity contribution in [3.8, 4) is 11.3 Å². The predicted molar refractivity (Wildman–Crippen MR) is 151 cm³/mol. The van der Waals surface area contributed by atoms with Crippen molar-refractivity contribution >= 4 is 34.1 Å². The molecule has 0 radical (unpaired) electrons. The number of ketones is 1. The fraction of sp³-hybridized carbons (Fsp3) is 0.556. The highest BCUT2D eigenvalue weighted by atomic mass is 32.1.